The highest BCUT2D eigenvalue weighted by Gasteiger charge is 2.38. The smallest absolute Gasteiger partial charge is 0.325 e. The van der Waals surface area contributed by atoms with Gasteiger partial charge in [0.25, 0.3) is 5.91 Å². The van der Waals surface area contributed by atoms with E-state index in [1.807, 2.05) is 53.4 Å². The quantitative estimate of drug-likeness (QED) is 0.698. The van der Waals surface area contributed by atoms with Crippen molar-refractivity contribution in [1.29, 1.82) is 0 Å². The van der Waals surface area contributed by atoms with Crippen molar-refractivity contribution in [3.05, 3.63) is 71.8 Å². The van der Waals surface area contributed by atoms with Crippen molar-refractivity contribution in [3.63, 3.8) is 0 Å². The molecule has 2 aliphatic rings. The van der Waals surface area contributed by atoms with E-state index in [0.717, 1.165) is 25.2 Å². The van der Waals surface area contributed by atoms with Gasteiger partial charge in [-0.25, -0.2) is 4.79 Å². The van der Waals surface area contributed by atoms with E-state index < -0.39 is 6.04 Å². The van der Waals surface area contributed by atoms with Crippen molar-refractivity contribution < 1.29 is 14.4 Å². The number of benzene rings is 2. The number of hydrogen-bond acceptors (Lipinski definition) is 4. The molecular weight excluding hydrogens is 392 g/mol. The van der Waals surface area contributed by atoms with E-state index in [1.165, 1.54) is 10.5 Å². The minimum atomic E-state index is -0.625. The first-order chi connectivity index (χ1) is 15.1. The lowest BCUT2D eigenvalue weighted by atomic mass is 10.1. The Morgan fingerprint density at radius 1 is 0.839 bits per heavy atom. The van der Waals surface area contributed by atoms with E-state index in [9.17, 15) is 14.4 Å². The molecular formula is C24H28N4O3. The summed E-state index contributed by atoms with van der Waals surface area (Å²) >= 11 is 0. The third-order valence-electron chi connectivity index (χ3n) is 5.91. The summed E-state index contributed by atoms with van der Waals surface area (Å²) in [4.78, 5) is 43.0. The number of amides is 4. The maximum Gasteiger partial charge on any atom is 0.325 e. The molecule has 0 saturated carbocycles. The van der Waals surface area contributed by atoms with E-state index in [4.69, 9.17) is 0 Å². The molecule has 7 nitrogen and oxygen atoms in total. The summed E-state index contributed by atoms with van der Waals surface area (Å²) in [6.45, 7) is 4.20. The van der Waals surface area contributed by atoms with Crippen molar-refractivity contribution in [1.82, 2.24) is 20.0 Å². The van der Waals surface area contributed by atoms with Crippen LogP contribution in [0, 0.1) is 0 Å². The number of rotatable bonds is 7. The Labute approximate surface area is 182 Å². The average molecular weight is 421 g/mol. The van der Waals surface area contributed by atoms with Crippen LogP contribution in [0.1, 0.15) is 24.0 Å². The van der Waals surface area contributed by atoms with Gasteiger partial charge in [0.2, 0.25) is 5.91 Å². The predicted octanol–water partition coefficient (Wildman–Crippen LogP) is 2.23. The number of urea groups is 1. The Bertz CT molecular complexity index is 911. The van der Waals surface area contributed by atoms with Crippen molar-refractivity contribution in [2.45, 2.75) is 32.0 Å². The van der Waals surface area contributed by atoms with Crippen LogP contribution in [0.2, 0.25) is 0 Å². The average Bonchev–Trinajstić information content (AvgIpc) is 3.07. The Balaban J connectivity index is 1.22. The van der Waals surface area contributed by atoms with E-state index >= 15 is 0 Å². The van der Waals surface area contributed by atoms with Crippen LogP contribution in [0.3, 0.4) is 0 Å². The minimum absolute atomic E-state index is 0.0444. The van der Waals surface area contributed by atoms with Crippen molar-refractivity contribution in [2.24, 2.45) is 0 Å². The van der Waals surface area contributed by atoms with E-state index in [1.54, 1.807) is 0 Å². The van der Waals surface area contributed by atoms with Gasteiger partial charge < -0.3 is 10.2 Å². The summed E-state index contributed by atoms with van der Waals surface area (Å²) in [5, 5.41) is 2.73. The molecule has 4 rings (SSSR count). The Hall–Kier alpha value is -3.19. The number of piperazine rings is 1. The Kier molecular flexibility index (Phi) is 6.62. The monoisotopic (exact) mass is 420 g/mol. The first-order valence-electron chi connectivity index (χ1n) is 10.8. The van der Waals surface area contributed by atoms with Crippen LogP contribution in [0.5, 0.6) is 0 Å². The molecule has 2 aromatic rings. The minimum Gasteiger partial charge on any atom is -0.340 e. The highest BCUT2D eigenvalue weighted by Crippen LogP contribution is 2.16. The topological polar surface area (TPSA) is 73.0 Å². The van der Waals surface area contributed by atoms with Crippen LogP contribution < -0.4 is 5.32 Å². The highest BCUT2D eigenvalue weighted by molar-refractivity contribution is 6.04. The molecule has 0 bridgehead atoms. The second kappa shape index (κ2) is 9.75. The highest BCUT2D eigenvalue weighted by atomic mass is 16.2. The number of nitrogens with zero attached hydrogens (tertiary/aromatic N) is 3. The molecule has 2 aliphatic heterocycles. The second-order valence-electron chi connectivity index (χ2n) is 8.09. The van der Waals surface area contributed by atoms with Crippen molar-refractivity contribution in [2.75, 3.05) is 26.2 Å². The number of imide groups is 1. The van der Waals surface area contributed by atoms with Crippen molar-refractivity contribution >= 4 is 17.8 Å². The summed E-state index contributed by atoms with van der Waals surface area (Å²) in [6.07, 6.45) is 0.591. The standard InChI is InChI=1S/C24H28N4O3/c29-22(27-15-13-26(14-16-27)17-19-7-3-1-4-8-19)12-11-21-23(30)28(24(31)25-21)18-20-9-5-2-6-10-20/h1-10,21H,11-18H2,(H,25,31). The fourth-order valence-electron chi connectivity index (χ4n) is 4.11. The van der Waals surface area contributed by atoms with Gasteiger partial charge >= 0.3 is 6.03 Å². The van der Waals surface area contributed by atoms with Crippen LogP contribution in [-0.4, -0.2) is 64.8 Å². The SMILES string of the molecule is O=C(CCC1NC(=O)N(Cc2ccccc2)C1=O)N1CCN(Cc2ccccc2)CC1. The molecule has 0 aromatic heterocycles. The van der Waals surface area contributed by atoms with Crippen molar-refractivity contribution in [3.8, 4) is 0 Å². The molecule has 1 unspecified atom stereocenters. The zero-order valence-electron chi connectivity index (χ0n) is 17.6. The molecule has 0 radical (unpaired) electrons. The normalized spacial score (nSPS) is 19.5. The maximum absolute atomic E-state index is 12.7. The van der Waals surface area contributed by atoms with Crippen LogP contribution in [0.4, 0.5) is 4.79 Å². The Morgan fingerprint density at radius 2 is 1.42 bits per heavy atom. The van der Waals surface area contributed by atoms with Gasteiger partial charge in [-0.05, 0) is 17.5 Å². The summed E-state index contributed by atoms with van der Waals surface area (Å²) in [5.41, 5.74) is 2.17. The van der Waals surface area contributed by atoms with Gasteiger partial charge in [-0.1, -0.05) is 60.7 Å². The van der Waals surface area contributed by atoms with Gasteiger partial charge in [-0.3, -0.25) is 19.4 Å². The maximum atomic E-state index is 12.7. The van der Waals surface area contributed by atoms with Crippen LogP contribution >= 0.6 is 0 Å². The summed E-state index contributed by atoms with van der Waals surface area (Å²) < 4.78 is 0. The van der Waals surface area contributed by atoms with Crippen LogP contribution in [-0.2, 0) is 22.7 Å². The summed E-state index contributed by atoms with van der Waals surface area (Å²) in [5.74, 6) is -0.211. The first kappa shape index (κ1) is 21.1. The first-order valence-corrected chi connectivity index (χ1v) is 10.8. The molecule has 2 aromatic carbocycles. The van der Waals surface area contributed by atoms with Gasteiger partial charge in [-0.15, -0.1) is 0 Å². The largest absolute Gasteiger partial charge is 0.340 e. The molecule has 1 N–H and O–H groups in total. The molecule has 2 heterocycles. The molecule has 2 saturated heterocycles. The zero-order chi connectivity index (χ0) is 21.6. The predicted molar refractivity (Wildman–Crippen MR) is 117 cm³/mol. The molecule has 0 aliphatic carbocycles. The van der Waals surface area contributed by atoms with Gasteiger partial charge in [-0.2, -0.15) is 0 Å². The lowest BCUT2D eigenvalue weighted by Gasteiger charge is -2.35. The summed E-state index contributed by atoms with van der Waals surface area (Å²) in [7, 11) is 0. The molecule has 1 atom stereocenters. The zero-order valence-corrected chi connectivity index (χ0v) is 17.6. The van der Waals surface area contributed by atoms with Crippen LogP contribution in [0.25, 0.3) is 0 Å². The lowest BCUT2D eigenvalue weighted by molar-refractivity contribution is -0.133. The molecule has 0 spiro atoms. The van der Waals surface area contributed by atoms with E-state index in [0.29, 0.717) is 19.5 Å². The molecule has 162 valence electrons. The summed E-state index contributed by atoms with van der Waals surface area (Å²) in [6, 6.07) is 18.7. The number of carbonyl (C=O) groups excluding carboxylic acids is 3. The fourth-order valence-corrected chi connectivity index (χ4v) is 4.11. The third-order valence-corrected chi connectivity index (χ3v) is 5.91. The van der Waals surface area contributed by atoms with Gasteiger partial charge in [0.1, 0.15) is 6.04 Å². The second-order valence-corrected chi connectivity index (χ2v) is 8.09. The number of hydrogen-bond donors (Lipinski definition) is 1. The van der Waals surface area contributed by atoms with Crippen LogP contribution in [0.15, 0.2) is 60.7 Å². The molecule has 2 fully saturated rings. The third kappa shape index (κ3) is 5.30. The molecule has 31 heavy (non-hydrogen) atoms. The fraction of sp³-hybridized carbons (Fsp3) is 0.375. The van der Waals surface area contributed by atoms with Gasteiger partial charge in [0.15, 0.2) is 0 Å². The molecule has 4 amide bonds. The number of nitrogens with one attached hydrogen (secondary N) is 1. The number of carbonyl (C=O) groups is 3. The van der Waals surface area contributed by atoms with Gasteiger partial charge in [0.05, 0.1) is 6.54 Å². The lowest BCUT2D eigenvalue weighted by Crippen LogP contribution is -2.48. The van der Waals surface area contributed by atoms with E-state index in [-0.39, 0.29) is 30.8 Å². The van der Waals surface area contributed by atoms with Gasteiger partial charge in [0, 0.05) is 39.1 Å². The molecule has 7 heteroatoms. The Morgan fingerprint density at radius 3 is 2.03 bits per heavy atom. The van der Waals surface area contributed by atoms with E-state index in [2.05, 4.69) is 22.3 Å².